The number of methoxy groups -OCH3 is 1. The smallest absolute Gasteiger partial charge is 0.348 e. The third-order valence-corrected chi connectivity index (χ3v) is 3.97. The van der Waals surface area contributed by atoms with Crippen molar-refractivity contribution < 1.29 is 28.7 Å². The zero-order chi connectivity index (χ0) is 21.4. The Hall–Kier alpha value is -3.62. The van der Waals surface area contributed by atoms with Gasteiger partial charge in [0.2, 0.25) is 0 Å². The molecule has 0 saturated carbocycles. The number of esters is 1. The van der Waals surface area contributed by atoms with Crippen LogP contribution in [0.15, 0.2) is 48.5 Å². The predicted octanol–water partition coefficient (Wildman–Crippen LogP) is 3.33. The standard InChI is InChI=1S/C20H22N2O7/c1-4-17(29-15-8-6-5-7-9-15)20(24)28-13(2)19(23)21-16-11-10-14(22(25)26)12-18(16)27-3/h5-13,17H,4H2,1-3H3,(H,21,23)/t13-,17+/m0/s1. The quantitative estimate of drug-likeness (QED) is 0.388. The Morgan fingerprint density at radius 1 is 1.17 bits per heavy atom. The highest BCUT2D eigenvalue weighted by molar-refractivity contribution is 5.96. The zero-order valence-corrected chi connectivity index (χ0v) is 16.3. The summed E-state index contributed by atoms with van der Waals surface area (Å²) >= 11 is 0. The molecule has 2 atom stereocenters. The lowest BCUT2D eigenvalue weighted by atomic mass is 10.2. The number of nitrogens with one attached hydrogen (secondary N) is 1. The van der Waals surface area contributed by atoms with Gasteiger partial charge in [-0.25, -0.2) is 4.79 Å². The average molecular weight is 402 g/mol. The molecule has 0 radical (unpaired) electrons. The van der Waals surface area contributed by atoms with E-state index in [1.54, 1.807) is 31.2 Å². The fraction of sp³-hybridized carbons (Fsp3) is 0.300. The van der Waals surface area contributed by atoms with Gasteiger partial charge in [-0.3, -0.25) is 14.9 Å². The summed E-state index contributed by atoms with van der Waals surface area (Å²) in [5.41, 5.74) is 0.0433. The molecule has 0 aliphatic rings. The van der Waals surface area contributed by atoms with Crippen molar-refractivity contribution in [3.8, 4) is 11.5 Å². The minimum atomic E-state index is -1.11. The van der Waals surface area contributed by atoms with Gasteiger partial charge in [0.05, 0.1) is 23.8 Å². The van der Waals surface area contributed by atoms with Crippen LogP contribution in [0.2, 0.25) is 0 Å². The molecular formula is C20H22N2O7. The van der Waals surface area contributed by atoms with Gasteiger partial charge < -0.3 is 19.5 Å². The van der Waals surface area contributed by atoms with Crippen molar-refractivity contribution in [2.75, 3.05) is 12.4 Å². The third-order valence-electron chi connectivity index (χ3n) is 3.97. The van der Waals surface area contributed by atoms with Crippen molar-refractivity contribution in [2.45, 2.75) is 32.5 Å². The zero-order valence-electron chi connectivity index (χ0n) is 16.3. The number of nitro groups is 1. The van der Waals surface area contributed by atoms with E-state index in [1.807, 2.05) is 6.07 Å². The molecule has 0 heterocycles. The second-order valence-electron chi connectivity index (χ2n) is 6.04. The molecule has 0 aromatic heterocycles. The topological polar surface area (TPSA) is 117 Å². The number of benzene rings is 2. The molecule has 29 heavy (non-hydrogen) atoms. The number of hydrogen-bond acceptors (Lipinski definition) is 7. The first-order valence-electron chi connectivity index (χ1n) is 8.91. The van der Waals surface area contributed by atoms with E-state index in [-0.39, 0.29) is 17.1 Å². The summed E-state index contributed by atoms with van der Waals surface area (Å²) in [7, 11) is 1.32. The van der Waals surface area contributed by atoms with Gasteiger partial charge in [-0.2, -0.15) is 0 Å². The maximum absolute atomic E-state index is 12.4. The molecule has 2 aromatic rings. The highest BCUT2D eigenvalue weighted by Gasteiger charge is 2.26. The van der Waals surface area contributed by atoms with Crippen LogP contribution in [0.25, 0.3) is 0 Å². The number of hydrogen-bond donors (Lipinski definition) is 1. The molecule has 1 amide bonds. The maximum Gasteiger partial charge on any atom is 0.348 e. The number of anilines is 1. The summed E-state index contributed by atoms with van der Waals surface area (Å²) in [6.07, 6.45) is -1.62. The molecule has 0 saturated heterocycles. The van der Waals surface area contributed by atoms with Crippen molar-refractivity contribution >= 4 is 23.3 Å². The normalized spacial score (nSPS) is 12.4. The minimum Gasteiger partial charge on any atom is -0.494 e. The SMILES string of the molecule is CC[C@@H](Oc1ccccc1)C(=O)O[C@@H](C)C(=O)Nc1ccc([N+](=O)[O-])cc1OC. The van der Waals surface area contributed by atoms with Crippen LogP contribution in [-0.2, 0) is 14.3 Å². The Morgan fingerprint density at radius 2 is 1.86 bits per heavy atom. The Bertz CT molecular complexity index is 870. The number of ether oxygens (including phenoxy) is 3. The van der Waals surface area contributed by atoms with E-state index in [0.29, 0.717) is 12.2 Å². The number of nitrogens with zero attached hydrogens (tertiary/aromatic N) is 1. The lowest BCUT2D eigenvalue weighted by Crippen LogP contribution is -2.36. The Kier molecular flexibility index (Phi) is 7.53. The van der Waals surface area contributed by atoms with E-state index >= 15 is 0 Å². The number of rotatable bonds is 9. The lowest BCUT2D eigenvalue weighted by molar-refractivity contribution is -0.384. The monoisotopic (exact) mass is 402 g/mol. The maximum atomic E-state index is 12.4. The lowest BCUT2D eigenvalue weighted by Gasteiger charge is -2.20. The van der Waals surface area contributed by atoms with E-state index in [4.69, 9.17) is 14.2 Å². The van der Waals surface area contributed by atoms with E-state index < -0.39 is 29.0 Å². The van der Waals surface area contributed by atoms with Gasteiger partial charge in [-0.05, 0) is 31.5 Å². The van der Waals surface area contributed by atoms with Gasteiger partial charge >= 0.3 is 5.97 Å². The molecular weight excluding hydrogens is 380 g/mol. The largest absolute Gasteiger partial charge is 0.494 e. The highest BCUT2D eigenvalue weighted by Crippen LogP contribution is 2.29. The van der Waals surface area contributed by atoms with Gasteiger partial charge in [-0.1, -0.05) is 25.1 Å². The predicted molar refractivity (Wildman–Crippen MR) is 105 cm³/mol. The molecule has 0 aliphatic heterocycles. The number of amides is 1. The van der Waals surface area contributed by atoms with Crippen molar-refractivity contribution in [1.29, 1.82) is 0 Å². The molecule has 1 N–H and O–H groups in total. The molecule has 0 unspecified atom stereocenters. The summed E-state index contributed by atoms with van der Waals surface area (Å²) in [6.45, 7) is 3.18. The van der Waals surface area contributed by atoms with Crippen molar-refractivity contribution in [1.82, 2.24) is 0 Å². The van der Waals surface area contributed by atoms with E-state index in [0.717, 1.165) is 0 Å². The Morgan fingerprint density at radius 3 is 2.45 bits per heavy atom. The van der Waals surface area contributed by atoms with E-state index in [1.165, 1.54) is 32.2 Å². The first-order chi connectivity index (χ1) is 13.8. The molecule has 0 aliphatic carbocycles. The number of non-ortho nitro benzene ring substituents is 1. The Labute approximate surface area is 167 Å². The molecule has 2 rings (SSSR count). The van der Waals surface area contributed by atoms with Crippen molar-refractivity contribution in [2.24, 2.45) is 0 Å². The van der Waals surface area contributed by atoms with Crippen LogP contribution < -0.4 is 14.8 Å². The first kappa shape index (κ1) is 21.7. The molecule has 2 aromatic carbocycles. The van der Waals surface area contributed by atoms with Crippen LogP contribution in [0.4, 0.5) is 11.4 Å². The molecule has 9 heteroatoms. The van der Waals surface area contributed by atoms with Crippen molar-refractivity contribution in [3.63, 3.8) is 0 Å². The molecule has 0 spiro atoms. The number of nitro benzene ring substituents is 1. The van der Waals surface area contributed by atoms with E-state index in [2.05, 4.69) is 5.32 Å². The Balaban J connectivity index is 2.00. The van der Waals surface area contributed by atoms with Gasteiger partial charge in [0.1, 0.15) is 11.5 Å². The number of carbonyl (C=O) groups excluding carboxylic acids is 2. The first-order valence-corrected chi connectivity index (χ1v) is 8.91. The van der Waals surface area contributed by atoms with Crippen LogP contribution in [0, 0.1) is 10.1 Å². The van der Waals surface area contributed by atoms with E-state index in [9.17, 15) is 19.7 Å². The molecule has 0 fully saturated rings. The van der Waals surface area contributed by atoms with Crippen LogP contribution >= 0.6 is 0 Å². The fourth-order valence-electron chi connectivity index (χ4n) is 2.40. The van der Waals surface area contributed by atoms with Gasteiger partial charge in [0.25, 0.3) is 11.6 Å². The van der Waals surface area contributed by atoms with Crippen LogP contribution in [0.3, 0.4) is 0 Å². The molecule has 154 valence electrons. The van der Waals surface area contributed by atoms with Crippen molar-refractivity contribution in [3.05, 3.63) is 58.6 Å². The second kappa shape index (κ2) is 10.1. The molecule has 0 bridgehead atoms. The highest BCUT2D eigenvalue weighted by atomic mass is 16.6. The number of carbonyl (C=O) groups is 2. The summed E-state index contributed by atoms with van der Waals surface area (Å²) in [5.74, 6) is -0.649. The summed E-state index contributed by atoms with van der Waals surface area (Å²) < 4.78 is 15.9. The average Bonchev–Trinajstić information content (AvgIpc) is 2.72. The second-order valence-corrected chi connectivity index (χ2v) is 6.04. The van der Waals surface area contributed by atoms with Gasteiger partial charge in [0, 0.05) is 6.07 Å². The van der Waals surface area contributed by atoms with Gasteiger partial charge in [0.15, 0.2) is 12.2 Å². The van der Waals surface area contributed by atoms with Crippen LogP contribution in [0.5, 0.6) is 11.5 Å². The summed E-state index contributed by atoms with van der Waals surface area (Å²) in [5, 5.41) is 13.4. The van der Waals surface area contributed by atoms with Crippen LogP contribution in [-0.4, -0.2) is 36.1 Å². The number of para-hydroxylation sites is 1. The van der Waals surface area contributed by atoms with Gasteiger partial charge in [-0.15, -0.1) is 0 Å². The minimum absolute atomic E-state index is 0.116. The summed E-state index contributed by atoms with van der Waals surface area (Å²) in [4.78, 5) is 35.0. The fourth-order valence-corrected chi connectivity index (χ4v) is 2.40. The summed E-state index contributed by atoms with van der Waals surface area (Å²) in [6, 6.07) is 12.6. The molecule has 9 nitrogen and oxygen atoms in total. The van der Waals surface area contributed by atoms with Crippen LogP contribution in [0.1, 0.15) is 20.3 Å². The third kappa shape index (κ3) is 5.93.